The van der Waals surface area contributed by atoms with Crippen molar-refractivity contribution in [2.24, 2.45) is 5.92 Å². The van der Waals surface area contributed by atoms with E-state index in [1.54, 1.807) is 14.2 Å². The summed E-state index contributed by atoms with van der Waals surface area (Å²) in [5.74, 6) is 1.33. The van der Waals surface area contributed by atoms with Gasteiger partial charge in [-0.25, -0.2) is 0 Å². The number of likely N-dealkylation sites (tertiary alicyclic amines) is 1. The topological polar surface area (TPSA) is 41.9 Å². The SMILES string of the molecule is C=C(/C=C\C(=C/C)N1CCC(C(OC)OC)CC1)[C@@H]1c2ccc(O)cc2CC[C@@H]1c1ccccc1. The van der Waals surface area contributed by atoms with Crippen LogP contribution in [0, 0.1) is 5.92 Å². The Kier molecular flexibility index (Phi) is 8.48. The number of phenols is 1. The Morgan fingerprint density at radius 2 is 1.74 bits per heavy atom. The average molecular weight is 474 g/mol. The number of aryl methyl sites for hydroxylation is 1. The van der Waals surface area contributed by atoms with E-state index in [1.165, 1.54) is 22.4 Å². The molecule has 1 fully saturated rings. The summed E-state index contributed by atoms with van der Waals surface area (Å²) in [5, 5.41) is 10.1. The standard InChI is InChI=1S/C31H39NO3/c1-5-26(32-19-17-24(18-20-32)31(34-3)35-4)13-11-22(2)30-28(23-9-7-6-8-10-23)15-12-25-21-27(33)14-16-29(25)30/h5-11,13-14,16,21,24,28,30-31,33H,2,12,15,17-20H2,1,3-4H3/b13-11-,26-5+/t28-,30+/m1/s1. The molecule has 1 N–H and O–H groups in total. The number of aromatic hydroxyl groups is 1. The number of piperidine rings is 1. The first-order chi connectivity index (χ1) is 17.0. The van der Waals surface area contributed by atoms with E-state index in [-0.39, 0.29) is 12.2 Å². The molecular formula is C31H39NO3. The molecule has 35 heavy (non-hydrogen) atoms. The first-order valence-electron chi connectivity index (χ1n) is 12.8. The van der Waals surface area contributed by atoms with Crippen LogP contribution >= 0.6 is 0 Å². The summed E-state index contributed by atoms with van der Waals surface area (Å²) in [4.78, 5) is 2.45. The quantitative estimate of drug-likeness (QED) is 0.349. The molecule has 1 aliphatic carbocycles. The van der Waals surface area contributed by atoms with Crippen molar-refractivity contribution >= 4 is 0 Å². The van der Waals surface area contributed by atoms with Gasteiger partial charge < -0.3 is 19.5 Å². The van der Waals surface area contributed by atoms with E-state index in [9.17, 15) is 5.11 Å². The molecule has 2 aliphatic rings. The number of phenolic OH excluding ortho intramolecular Hbond substituents is 1. The van der Waals surface area contributed by atoms with Gasteiger partial charge in [-0.2, -0.15) is 0 Å². The van der Waals surface area contributed by atoms with Crippen LogP contribution in [-0.2, 0) is 15.9 Å². The van der Waals surface area contributed by atoms with Crippen LogP contribution in [0.5, 0.6) is 5.75 Å². The van der Waals surface area contributed by atoms with Crippen LogP contribution in [0.1, 0.15) is 54.7 Å². The summed E-state index contributed by atoms with van der Waals surface area (Å²) >= 11 is 0. The van der Waals surface area contributed by atoms with E-state index in [2.05, 4.69) is 73.0 Å². The van der Waals surface area contributed by atoms with Crippen molar-refractivity contribution in [1.29, 1.82) is 0 Å². The highest BCUT2D eigenvalue weighted by molar-refractivity contribution is 5.48. The van der Waals surface area contributed by atoms with Crippen LogP contribution in [0.25, 0.3) is 0 Å². The van der Waals surface area contributed by atoms with Crippen molar-refractivity contribution in [3.8, 4) is 5.75 Å². The van der Waals surface area contributed by atoms with Crippen molar-refractivity contribution in [1.82, 2.24) is 4.90 Å². The normalized spacial score (nSPS) is 21.5. The average Bonchev–Trinajstić information content (AvgIpc) is 2.90. The highest BCUT2D eigenvalue weighted by Crippen LogP contribution is 2.47. The summed E-state index contributed by atoms with van der Waals surface area (Å²) < 4.78 is 11.0. The highest BCUT2D eigenvalue weighted by atomic mass is 16.7. The predicted octanol–water partition coefficient (Wildman–Crippen LogP) is 6.55. The van der Waals surface area contributed by atoms with Crippen LogP contribution in [0.4, 0.5) is 0 Å². The van der Waals surface area contributed by atoms with Gasteiger partial charge in [0.15, 0.2) is 6.29 Å². The number of rotatable bonds is 8. The second kappa shape index (κ2) is 11.7. The van der Waals surface area contributed by atoms with Crippen molar-refractivity contribution in [3.05, 3.63) is 101 Å². The van der Waals surface area contributed by atoms with Crippen LogP contribution in [-0.4, -0.2) is 43.6 Å². The molecule has 0 amide bonds. The third kappa shape index (κ3) is 5.71. The van der Waals surface area contributed by atoms with E-state index in [1.807, 2.05) is 12.1 Å². The van der Waals surface area contributed by atoms with Gasteiger partial charge in [-0.15, -0.1) is 0 Å². The molecule has 0 spiro atoms. The van der Waals surface area contributed by atoms with Crippen molar-refractivity contribution in [2.75, 3.05) is 27.3 Å². The minimum atomic E-state index is -0.123. The summed E-state index contributed by atoms with van der Waals surface area (Å²) in [6.45, 7) is 8.64. The van der Waals surface area contributed by atoms with Gasteiger partial charge in [0.25, 0.3) is 0 Å². The number of benzene rings is 2. The van der Waals surface area contributed by atoms with E-state index in [0.29, 0.717) is 17.6 Å². The minimum absolute atomic E-state index is 0.123. The van der Waals surface area contributed by atoms with E-state index >= 15 is 0 Å². The van der Waals surface area contributed by atoms with E-state index in [0.717, 1.165) is 44.3 Å². The predicted molar refractivity (Wildman–Crippen MR) is 142 cm³/mol. The van der Waals surface area contributed by atoms with Crippen LogP contribution < -0.4 is 0 Å². The van der Waals surface area contributed by atoms with Crippen LogP contribution in [0.2, 0.25) is 0 Å². The number of hydrogen-bond donors (Lipinski definition) is 1. The summed E-state index contributed by atoms with van der Waals surface area (Å²) in [6, 6.07) is 16.6. The molecule has 0 radical (unpaired) electrons. The molecule has 0 saturated carbocycles. The maximum absolute atomic E-state index is 10.1. The van der Waals surface area contributed by atoms with Gasteiger partial charge in [0.1, 0.15) is 5.75 Å². The molecule has 0 bridgehead atoms. The fourth-order valence-electron chi connectivity index (χ4n) is 5.92. The van der Waals surface area contributed by atoms with Gasteiger partial charge >= 0.3 is 0 Å². The number of hydrogen-bond acceptors (Lipinski definition) is 4. The fourth-order valence-corrected chi connectivity index (χ4v) is 5.92. The zero-order valence-electron chi connectivity index (χ0n) is 21.3. The fraction of sp³-hybridized carbons (Fsp3) is 0.419. The largest absolute Gasteiger partial charge is 0.508 e. The Morgan fingerprint density at radius 1 is 1.03 bits per heavy atom. The maximum atomic E-state index is 10.1. The lowest BCUT2D eigenvalue weighted by atomic mass is 9.69. The summed E-state index contributed by atoms with van der Waals surface area (Å²) in [5.41, 5.74) is 6.21. The van der Waals surface area contributed by atoms with Crippen LogP contribution in [0.3, 0.4) is 0 Å². The molecule has 2 aromatic rings. The number of allylic oxidation sites excluding steroid dienone is 4. The molecule has 2 atom stereocenters. The highest BCUT2D eigenvalue weighted by Gasteiger charge is 2.32. The molecule has 4 heteroatoms. The number of fused-ring (bicyclic) bond motifs is 1. The third-order valence-electron chi connectivity index (χ3n) is 7.73. The number of methoxy groups -OCH3 is 2. The lowest BCUT2D eigenvalue weighted by molar-refractivity contribution is -0.145. The number of nitrogens with zero attached hydrogens (tertiary/aromatic N) is 1. The Bertz CT molecular complexity index is 1050. The van der Waals surface area contributed by atoms with Gasteiger partial charge in [-0.3, -0.25) is 0 Å². The molecule has 0 unspecified atom stereocenters. The lowest BCUT2D eigenvalue weighted by Gasteiger charge is -2.37. The van der Waals surface area contributed by atoms with Gasteiger partial charge in [0, 0.05) is 44.8 Å². The van der Waals surface area contributed by atoms with E-state index in [4.69, 9.17) is 9.47 Å². The molecular weight excluding hydrogens is 434 g/mol. The summed E-state index contributed by atoms with van der Waals surface area (Å²) in [6.07, 6.45) is 10.6. The zero-order valence-corrected chi connectivity index (χ0v) is 21.3. The first kappa shape index (κ1) is 25.3. The molecule has 1 aliphatic heterocycles. The second-order valence-corrected chi connectivity index (χ2v) is 9.70. The smallest absolute Gasteiger partial charge is 0.159 e. The minimum Gasteiger partial charge on any atom is -0.508 e. The van der Waals surface area contributed by atoms with Crippen molar-refractivity contribution in [3.63, 3.8) is 0 Å². The Labute approximate surface area is 210 Å². The molecule has 1 saturated heterocycles. The van der Waals surface area contributed by atoms with Crippen LogP contribution in [0.15, 0.2) is 84.6 Å². The molecule has 1 heterocycles. The van der Waals surface area contributed by atoms with Crippen molar-refractivity contribution < 1.29 is 14.6 Å². The van der Waals surface area contributed by atoms with Gasteiger partial charge in [0.05, 0.1) is 0 Å². The second-order valence-electron chi connectivity index (χ2n) is 9.70. The maximum Gasteiger partial charge on any atom is 0.159 e. The third-order valence-corrected chi connectivity index (χ3v) is 7.73. The number of ether oxygens (including phenoxy) is 2. The lowest BCUT2D eigenvalue weighted by Crippen LogP contribution is -2.38. The molecule has 4 nitrogen and oxygen atoms in total. The summed E-state index contributed by atoms with van der Waals surface area (Å²) in [7, 11) is 3.44. The molecule has 186 valence electrons. The molecule has 4 rings (SSSR count). The molecule has 0 aromatic heterocycles. The van der Waals surface area contributed by atoms with Gasteiger partial charge in [-0.05, 0) is 79.0 Å². The Hall–Kier alpha value is -2.82. The Balaban J connectivity index is 1.53. The molecule has 2 aromatic carbocycles. The Morgan fingerprint density at radius 3 is 2.40 bits per heavy atom. The first-order valence-corrected chi connectivity index (χ1v) is 12.8. The monoisotopic (exact) mass is 473 g/mol. The van der Waals surface area contributed by atoms with Gasteiger partial charge in [0.2, 0.25) is 0 Å². The van der Waals surface area contributed by atoms with Crippen molar-refractivity contribution in [2.45, 2.75) is 50.7 Å². The van der Waals surface area contributed by atoms with E-state index < -0.39 is 0 Å². The zero-order chi connectivity index (χ0) is 24.8. The van der Waals surface area contributed by atoms with Gasteiger partial charge in [-0.1, -0.05) is 55.1 Å².